The van der Waals surface area contributed by atoms with Crippen LogP contribution in [0.25, 0.3) is 0 Å². The molecule has 0 fully saturated rings. The van der Waals surface area contributed by atoms with Gasteiger partial charge in [0, 0.05) is 11.0 Å². The number of carbonyl (C=O) groups excluding carboxylic acids is 2. The summed E-state index contributed by atoms with van der Waals surface area (Å²) in [7, 11) is 1.41. The van der Waals surface area contributed by atoms with Crippen molar-refractivity contribution in [1.82, 2.24) is 0 Å². The van der Waals surface area contributed by atoms with Crippen LogP contribution in [0.2, 0.25) is 0 Å². The predicted octanol–water partition coefficient (Wildman–Crippen LogP) is 0.442. The molecule has 0 aromatic heterocycles. The van der Waals surface area contributed by atoms with Crippen molar-refractivity contribution in [2.75, 3.05) is 7.11 Å². The van der Waals surface area contributed by atoms with Crippen LogP contribution in [0.4, 0.5) is 0 Å². The van der Waals surface area contributed by atoms with E-state index in [1.807, 2.05) is 0 Å². The third-order valence-corrected chi connectivity index (χ3v) is 2.35. The average Bonchev–Trinajstić information content (AvgIpc) is 2.27. The Morgan fingerprint density at radius 3 is 2.71 bits per heavy atom. The largest absolute Gasteiger partial charge is 0.497 e. The van der Waals surface area contributed by atoms with Gasteiger partial charge >= 0.3 is 12.0 Å². The molecule has 1 aromatic carbocycles. The van der Waals surface area contributed by atoms with Gasteiger partial charge in [0.15, 0.2) is 0 Å². The molecule has 0 radical (unpaired) electrons. The number of ether oxygens (including phenoxy) is 2. The molecule has 1 aliphatic heterocycles. The summed E-state index contributed by atoms with van der Waals surface area (Å²) >= 11 is 0. The number of hydrogen-bond donors (Lipinski definition) is 0. The van der Waals surface area contributed by atoms with E-state index in [0.717, 1.165) is 0 Å². The SMILES string of the molecule is COc1ccc2c(c1)OC(=O)[C@H]([N+](=O)[O-])C2=O. The lowest BCUT2D eigenvalue weighted by molar-refractivity contribution is -0.493. The molecule has 7 nitrogen and oxygen atoms in total. The predicted molar refractivity (Wildman–Crippen MR) is 53.7 cm³/mol. The molecule has 0 amide bonds. The van der Waals surface area contributed by atoms with Crippen molar-refractivity contribution in [1.29, 1.82) is 0 Å². The first kappa shape index (κ1) is 11.1. The molecule has 17 heavy (non-hydrogen) atoms. The summed E-state index contributed by atoms with van der Waals surface area (Å²) in [5.74, 6) is -1.67. The van der Waals surface area contributed by atoms with E-state index in [1.54, 1.807) is 0 Å². The van der Waals surface area contributed by atoms with Crippen molar-refractivity contribution in [3.63, 3.8) is 0 Å². The van der Waals surface area contributed by atoms with Gasteiger partial charge in [-0.25, -0.2) is 4.79 Å². The zero-order valence-corrected chi connectivity index (χ0v) is 8.71. The van der Waals surface area contributed by atoms with E-state index in [-0.39, 0.29) is 11.3 Å². The van der Waals surface area contributed by atoms with Gasteiger partial charge in [-0.2, -0.15) is 0 Å². The number of methoxy groups -OCH3 is 1. The number of esters is 1. The quantitative estimate of drug-likeness (QED) is 0.243. The smallest absolute Gasteiger partial charge is 0.395 e. The van der Waals surface area contributed by atoms with Gasteiger partial charge < -0.3 is 9.47 Å². The molecule has 0 spiro atoms. The summed E-state index contributed by atoms with van der Waals surface area (Å²) in [5, 5.41) is 10.6. The molecule has 1 aliphatic rings. The number of ketones is 1. The lowest BCUT2D eigenvalue weighted by Gasteiger charge is -2.17. The second kappa shape index (κ2) is 3.85. The first-order valence-electron chi connectivity index (χ1n) is 4.62. The van der Waals surface area contributed by atoms with Gasteiger partial charge in [0.1, 0.15) is 11.5 Å². The van der Waals surface area contributed by atoms with Gasteiger partial charge in [0.25, 0.3) is 5.78 Å². The lowest BCUT2D eigenvalue weighted by Crippen LogP contribution is -2.43. The summed E-state index contributed by atoms with van der Waals surface area (Å²) < 4.78 is 9.63. The fraction of sp³-hybridized carbons (Fsp3) is 0.200. The van der Waals surface area contributed by atoms with Crippen LogP contribution in [0.15, 0.2) is 18.2 Å². The monoisotopic (exact) mass is 237 g/mol. The number of nitrogens with zero attached hydrogens (tertiary/aromatic N) is 1. The summed E-state index contributed by atoms with van der Waals surface area (Å²) in [6.45, 7) is 0. The van der Waals surface area contributed by atoms with E-state index in [4.69, 9.17) is 9.47 Å². The second-order valence-electron chi connectivity index (χ2n) is 3.34. The van der Waals surface area contributed by atoms with Crippen LogP contribution < -0.4 is 9.47 Å². The highest BCUT2D eigenvalue weighted by Gasteiger charge is 2.45. The van der Waals surface area contributed by atoms with Crippen LogP contribution in [0.3, 0.4) is 0 Å². The van der Waals surface area contributed by atoms with Gasteiger partial charge in [-0.15, -0.1) is 0 Å². The Kier molecular flexibility index (Phi) is 2.51. The molecule has 0 saturated carbocycles. The molecule has 0 unspecified atom stereocenters. The van der Waals surface area contributed by atoms with Gasteiger partial charge in [0.05, 0.1) is 12.7 Å². The fourth-order valence-electron chi connectivity index (χ4n) is 1.52. The van der Waals surface area contributed by atoms with E-state index >= 15 is 0 Å². The molecule has 88 valence electrons. The maximum atomic E-state index is 11.7. The second-order valence-corrected chi connectivity index (χ2v) is 3.34. The standard InChI is InChI=1S/C10H7NO6/c1-16-5-2-3-6-7(4-5)17-10(13)8(9(6)12)11(14)15/h2-4,8H,1H3/t8-/m1/s1. The topological polar surface area (TPSA) is 95.7 Å². The normalized spacial score (nSPS) is 18.3. The molecule has 2 rings (SSSR count). The number of carbonyl (C=O) groups is 2. The Morgan fingerprint density at radius 2 is 2.12 bits per heavy atom. The zero-order chi connectivity index (χ0) is 12.6. The highest BCUT2D eigenvalue weighted by Crippen LogP contribution is 2.30. The van der Waals surface area contributed by atoms with Crippen LogP contribution in [-0.4, -0.2) is 29.8 Å². The third-order valence-electron chi connectivity index (χ3n) is 2.35. The lowest BCUT2D eigenvalue weighted by atomic mass is 10.0. The fourth-order valence-corrected chi connectivity index (χ4v) is 1.52. The van der Waals surface area contributed by atoms with Gasteiger partial charge in [0.2, 0.25) is 0 Å². The van der Waals surface area contributed by atoms with Gasteiger partial charge in [-0.05, 0) is 12.1 Å². The number of nitro groups is 1. The highest BCUT2D eigenvalue weighted by molar-refractivity contribution is 6.15. The Labute approximate surface area is 95.1 Å². The minimum Gasteiger partial charge on any atom is -0.497 e. The Morgan fingerprint density at radius 1 is 1.41 bits per heavy atom. The van der Waals surface area contributed by atoms with E-state index < -0.39 is 22.7 Å². The van der Waals surface area contributed by atoms with Gasteiger partial charge in [-0.3, -0.25) is 14.9 Å². The van der Waals surface area contributed by atoms with Crippen molar-refractivity contribution in [3.8, 4) is 11.5 Å². The Hall–Kier alpha value is -2.44. The summed E-state index contributed by atoms with van der Waals surface area (Å²) in [6, 6.07) is 2.16. The first-order chi connectivity index (χ1) is 8.04. The molecule has 0 bridgehead atoms. The van der Waals surface area contributed by atoms with Crippen molar-refractivity contribution in [3.05, 3.63) is 33.9 Å². The van der Waals surface area contributed by atoms with E-state index in [0.29, 0.717) is 5.75 Å². The number of fused-ring (bicyclic) bond motifs is 1. The molecular formula is C10H7NO6. The molecule has 1 heterocycles. The minimum atomic E-state index is -1.98. The molecule has 0 aliphatic carbocycles. The minimum absolute atomic E-state index is 0.00657. The maximum absolute atomic E-state index is 11.7. The number of hydrogen-bond acceptors (Lipinski definition) is 6. The maximum Gasteiger partial charge on any atom is 0.395 e. The Balaban J connectivity index is 2.49. The van der Waals surface area contributed by atoms with Gasteiger partial charge in [-0.1, -0.05) is 0 Å². The van der Waals surface area contributed by atoms with Crippen molar-refractivity contribution in [2.24, 2.45) is 0 Å². The Bertz CT molecular complexity index is 524. The first-order valence-corrected chi connectivity index (χ1v) is 4.62. The average molecular weight is 237 g/mol. The number of rotatable bonds is 2. The molecule has 7 heteroatoms. The molecule has 1 aromatic rings. The van der Waals surface area contributed by atoms with E-state index in [1.165, 1.54) is 25.3 Å². The highest BCUT2D eigenvalue weighted by atomic mass is 16.6. The van der Waals surface area contributed by atoms with Crippen LogP contribution in [0, 0.1) is 10.1 Å². The van der Waals surface area contributed by atoms with Crippen molar-refractivity contribution in [2.45, 2.75) is 6.04 Å². The van der Waals surface area contributed by atoms with Crippen molar-refractivity contribution >= 4 is 11.8 Å². The molecule has 0 saturated heterocycles. The number of Topliss-reactive ketones (excluding diaryl/α,β-unsaturated/α-hetero) is 1. The third kappa shape index (κ3) is 1.71. The van der Waals surface area contributed by atoms with E-state index in [2.05, 4.69) is 0 Å². The van der Waals surface area contributed by atoms with Crippen LogP contribution in [-0.2, 0) is 4.79 Å². The van der Waals surface area contributed by atoms with E-state index in [9.17, 15) is 19.7 Å². The summed E-state index contributed by atoms with van der Waals surface area (Å²) in [5.41, 5.74) is 0.00657. The molecular weight excluding hydrogens is 230 g/mol. The van der Waals surface area contributed by atoms with Crippen molar-refractivity contribution < 1.29 is 24.0 Å². The summed E-state index contributed by atoms with van der Waals surface area (Å²) in [4.78, 5) is 32.6. The van der Waals surface area contributed by atoms with Crippen LogP contribution in [0.5, 0.6) is 11.5 Å². The summed E-state index contributed by atoms with van der Waals surface area (Å²) in [6.07, 6.45) is 0. The number of benzene rings is 1. The van der Waals surface area contributed by atoms with Crippen LogP contribution in [0.1, 0.15) is 10.4 Å². The zero-order valence-electron chi connectivity index (χ0n) is 8.71. The molecule has 0 N–H and O–H groups in total. The van der Waals surface area contributed by atoms with Crippen LogP contribution >= 0.6 is 0 Å². The molecule has 1 atom stereocenters.